The van der Waals surface area contributed by atoms with E-state index in [4.69, 9.17) is 0 Å². The van der Waals surface area contributed by atoms with Crippen LogP contribution in [0.2, 0.25) is 0 Å². The molecule has 22 heavy (non-hydrogen) atoms. The van der Waals surface area contributed by atoms with Crippen molar-refractivity contribution in [3.05, 3.63) is 17.5 Å². The monoisotopic (exact) mass is 327 g/mol. The van der Waals surface area contributed by atoms with E-state index in [-0.39, 0.29) is 29.5 Å². The number of sulfone groups is 1. The molecule has 2 rings (SSSR count). The number of rotatable bonds is 5. The summed E-state index contributed by atoms with van der Waals surface area (Å²) < 4.78 is 25.0. The van der Waals surface area contributed by atoms with Crippen LogP contribution in [-0.4, -0.2) is 53.6 Å². The maximum atomic E-state index is 12.6. The summed E-state index contributed by atoms with van der Waals surface area (Å²) in [6.45, 7) is 5.97. The highest BCUT2D eigenvalue weighted by Crippen LogP contribution is 2.26. The molecule has 6 nitrogen and oxygen atoms in total. The van der Waals surface area contributed by atoms with Gasteiger partial charge in [-0.05, 0) is 26.2 Å². The van der Waals surface area contributed by atoms with Crippen molar-refractivity contribution in [1.29, 1.82) is 0 Å². The lowest BCUT2D eigenvalue weighted by Gasteiger charge is -2.26. The molecule has 1 amide bonds. The van der Waals surface area contributed by atoms with E-state index in [9.17, 15) is 13.2 Å². The Morgan fingerprint density at radius 2 is 2.09 bits per heavy atom. The molecule has 7 heteroatoms. The van der Waals surface area contributed by atoms with Gasteiger partial charge in [-0.15, -0.1) is 0 Å². The first-order valence-corrected chi connectivity index (χ1v) is 9.64. The molecular formula is C15H25N3O3S. The molecule has 0 spiro atoms. The lowest BCUT2D eigenvalue weighted by atomic mass is 10.1. The van der Waals surface area contributed by atoms with Gasteiger partial charge in [0.15, 0.2) is 9.84 Å². The second-order valence-corrected chi connectivity index (χ2v) is 8.26. The molecule has 1 aliphatic heterocycles. The van der Waals surface area contributed by atoms with Gasteiger partial charge in [0.2, 0.25) is 0 Å². The van der Waals surface area contributed by atoms with Crippen LogP contribution in [0.3, 0.4) is 0 Å². The number of hydrogen-bond acceptors (Lipinski definition) is 4. The van der Waals surface area contributed by atoms with E-state index in [2.05, 4.69) is 18.9 Å². The fourth-order valence-corrected chi connectivity index (χ4v) is 4.85. The lowest BCUT2D eigenvalue weighted by molar-refractivity contribution is 0.0722. The highest BCUT2D eigenvalue weighted by molar-refractivity contribution is 7.91. The summed E-state index contributed by atoms with van der Waals surface area (Å²) in [5.41, 5.74) is 1.32. The molecule has 0 N–H and O–H groups in total. The minimum Gasteiger partial charge on any atom is -0.339 e. The van der Waals surface area contributed by atoms with Gasteiger partial charge in [-0.2, -0.15) is 5.10 Å². The van der Waals surface area contributed by atoms with Crippen LogP contribution in [0, 0.1) is 6.92 Å². The van der Waals surface area contributed by atoms with Crippen LogP contribution in [0.4, 0.5) is 0 Å². The topological polar surface area (TPSA) is 72.3 Å². The SMILES string of the molecule is CCC(CC)N(C)C(=O)c1cnn([C@@H]2CCS(=O)(=O)C2)c1C. The van der Waals surface area contributed by atoms with Crippen molar-refractivity contribution in [1.82, 2.24) is 14.7 Å². The van der Waals surface area contributed by atoms with Gasteiger partial charge in [-0.3, -0.25) is 9.48 Å². The molecular weight excluding hydrogens is 302 g/mol. The van der Waals surface area contributed by atoms with E-state index in [1.165, 1.54) is 0 Å². The zero-order valence-electron chi connectivity index (χ0n) is 13.7. The van der Waals surface area contributed by atoms with E-state index in [0.717, 1.165) is 18.5 Å². The van der Waals surface area contributed by atoms with Gasteiger partial charge in [0.05, 0.1) is 29.3 Å². The second-order valence-electron chi connectivity index (χ2n) is 6.03. The first-order chi connectivity index (χ1) is 10.3. The summed E-state index contributed by atoms with van der Waals surface area (Å²) in [5, 5.41) is 4.28. The van der Waals surface area contributed by atoms with Crippen LogP contribution in [-0.2, 0) is 9.84 Å². The molecule has 0 bridgehead atoms. The zero-order chi connectivity index (χ0) is 16.5. The Labute approximate surface area is 132 Å². The van der Waals surface area contributed by atoms with Crippen molar-refractivity contribution in [3.8, 4) is 0 Å². The molecule has 0 aliphatic carbocycles. The van der Waals surface area contributed by atoms with Gasteiger partial charge >= 0.3 is 0 Å². The maximum Gasteiger partial charge on any atom is 0.257 e. The van der Waals surface area contributed by atoms with Gasteiger partial charge in [-0.1, -0.05) is 13.8 Å². The van der Waals surface area contributed by atoms with Gasteiger partial charge in [-0.25, -0.2) is 8.42 Å². The Morgan fingerprint density at radius 3 is 2.59 bits per heavy atom. The molecule has 1 atom stereocenters. The number of carbonyl (C=O) groups excluding carboxylic acids is 1. The van der Waals surface area contributed by atoms with Crippen molar-refractivity contribution >= 4 is 15.7 Å². The Kier molecular flexibility index (Phi) is 4.94. The van der Waals surface area contributed by atoms with Crippen molar-refractivity contribution in [2.75, 3.05) is 18.6 Å². The van der Waals surface area contributed by atoms with Crippen molar-refractivity contribution < 1.29 is 13.2 Å². The number of hydrogen-bond donors (Lipinski definition) is 0. The summed E-state index contributed by atoms with van der Waals surface area (Å²) in [7, 11) is -1.15. The predicted molar refractivity (Wildman–Crippen MR) is 85.7 cm³/mol. The van der Waals surface area contributed by atoms with Crippen molar-refractivity contribution in [2.45, 2.75) is 52.1 Å². The molecule has 0 unspecified atom stereocenters. The van der Waals surface area contributed by atoms with Gasteiger partial charge in [0.1, 0.15) is 0 Å². The molecule has 1 aromatic rings. The molecule has 1 aliphatic rings. The van der Waals surface area contributed by atoms with Crippen LogP contribution < -0.4 is 0 Å². The summed E-state index contributed by atoms with van der Waals surface area (Å²) in [5.74, 6) is 0.276. The minimum absolute atomic E-state index is 0.0432. The lowest BCUT2D eigenvalue weighted by Crippen LogP contribution is -2.36. The van der Waals surface area contributed by atoms with Gasteiger partial charge in [0, 0.05) is 18.8 Å². The normalized spacial score (nSPS) is 20.5. The first-order valence-electron chi connectivity index (χ1n) is 7.82. The average Bonchev–Trinajstić information content (AvgIpc) is 3.01. The highest BCUT2D eigenvalue weighted by Gasteiger charge is 2.32. The third-order valence-corrected chi connectivity index (χ3v) is 6.39. The number of aromatic nitrogens is 2. The summed E-state index contributed by atoms with van der Waals surface area (Å²) in [6.07, 6.45) is 3.96. The number of carbonyl (C=O) groups is 1. The molecule has 1 fully saturated rings. The molecule has 0 saturated carbocycles. The van der Waals surface area contributed by atoms with E-state index in [1.807, 2.05) is 14.0 Å². The van der Waals surface area contributed by atoms with Crippen LogP contribution in [0.15, 0.2) is 6.20 Å². The third-order valence-electron chi connectivity index (χ3n) is 4.64. The molecule has 124 valence electrons. The van der Waals surface area contributed by atoms with Crippen LogP contribution in [0.1, 0.15) is 55.2 Å². The van der Waals surface area contributed by atoms with Gasteiger partial charge < -0.3 is 4.90 Å². The largest absolute Gasteiger partial charge is 0.339 e. The number of amides is 1. The predicted octanol–water partition coefficient (Wildman–Crippen LogP) is 1.81. The summed E-state index contributed by atoms with van der Waals surface area (Å²) in [4.78, 5) is 14.4. The standard InChI is InChI=1S/C15H25N3O3S/c1-5-12(6-2)17(4)15(19)14-9-16-18(11(14)3)13-7-8-22(20,21)10-13/h9,12-13H,5-8,10H2,1-4H3/t13-/m1/s1. The van der Waals surface area contributed by atoms with Crippen LogP contribution >= 0.6 is 0 Å². The molecule has 0 radical (unpaired) electrons. The quantitative estimate of drug-likeness (QED) is 0.827. The van der Waals surface area contributed by atoms with Crippen LogP contribution in [0.5, 0.6) is 0 Å². The van der Waals surface area contributed by atoms with E-state index in [1.54, 1.807) is 15.8 Å². The Hall–Kier alpha value is -1.37. The molecule has 1 saturated heterocycles. The molecule has 1 aromatic heterocycles. The van der Waals surface area contributed by atoms with Crippen molar-refractivity contribution in [2.24, 2.45) is 0 Å². The van der Waals surface area contributed by atoms with Gasteiger partial charge in [0.25, 0.3) is 5.91 Å². The summed E-state index contributed by atoms with van der Waals surface area (Å²) in [6, 6.07) is 0.0621. The minimum atomic E-state index is -2.97. The highest BCUT2D eigenvalue weighted by atomic mass is 32.2. The Balaban J connectivity index is 2.22. The number of nitrogens with zero attached hydrogens (tertiary/aromatic N) is 3. The Morgan fingerprint density at radius 1 is 1.45 bits per heavy atom. The van der Waals surface area contributed by atoms with E-state index < -0.39 is 9.84 Å². The van der Waals surface area contributed by atoms with E-state index in [0.29, 0.717) is 12.0 Å². The Bertz CT molecular complexity index is 647. The first kappa shape index (κ1) is 17.0. The fourth-order valence-electron chi connectivity index (χ4n) is 3.16. The van der Waals surface area contributed by atoms with E-state index >= 15 is 0 Å². The maximum absolute atomic E-state index is 12.6. The molecule has 0 aromatic carbocycles. The third kappa shape index (κ3) is 3.19. The van der Waals surface area contributed by atoms with Crippen LogP contribution in [0.25, 0.3) is 0 Å². The van der Waals surface area contributed by atoms with Crippen molar-refractivity contribution in [3.63, 3.8) is 0 Å². The smallest absolute Gasteiger partial charge is 0.257 e. The fraction of sp³-hybridized carbons (Fsp3) is 0.733. The summed E-state index contributed by atoms with van der Waals surface area (Å²) >= 11 is 0. The average molecular weight is 327 g/mol. The zero-order valence-corrected chi connectivity index (χ0v) is 14.6. The molecule has 2 heterocycles. The second kappa shape index (κ2) is 6.40.